The highest BCUT2D eigenvalue weighted by molar-refractivity contribution is 7.93. The number of nitrogens with one attached hydrogen (secondary N) is 2. The van der Waals surface area contributed by atoms with E-state index >= 15 is 0 Å². The van der Waals surface area contributed by atoms with Crippen molar-refractivity contribution in [2.75, 3.05) is 23.1 Å². The van der Waals surface area contributed by atoms with Crippen molar-refractivity contribution in [1.29, 1.82) is 0 Å². The van der Waals surface area contributed by atoms with Gasteiger partial charge in [-0.1, -0.05) is 24.4 Å². The van der Waals surface area contributed by atoms with Gasteiger partial charge in [-0.05, 0) is 31.4 Å². The maximum atomic E-state index is 14.8. The first-order valence-corrected chi connectivity index (χ1v) is 12.7. The zero-order valence-corrected chi connectivity index (χ0v) is 18.6. The molecule has 2 aromatic rings. The molecule has 1 aliphatic heterocycles. The minimum absolute atomic E-state index is 0.0526. The number of halogens is 2. The van der Waals surface area contributed by atoms with Crippen LogP contribution >= 0.6 is 22.9 Å². The number of hydrogen-bond acceptors (Lipinski definition) is 7. The fraction of sp³-hybridized carbons (Fsp3) is 0.526. The van der Waals surface area contributed by atoms with Crippen molar-refractivity contribution in [3.8, 4) is 0 Å². The third-order valence-corrected chi connectivity index (χ3v) is 8.18. The van der Waals surface area contributed by atoms with Crippen molar-refractivity contribution >= 4 is 43.8 Å². The number of aromatic nitrogens is 1. The molecule has 0 amide bonds. The van der Waals surface area contributed by atoms with Crippen LogP contribution in [0, 0.1) is 5.82 Å². The van der Waals surface area contributed by atoms with E-state index in [-0.39, 0.29) is 28.3 Å². The molecule has 2 aliphatic rings. The van der Waals surface area contributed by atoms with Gasteiger partial charge in [-0.3, -0.25) is 9.62 Å². The topological polar surface area (TPSA) is 94.6 Å². The van der Waals surface area contributed by atoms with Crippen molar-refractivity contribution in [2.24, 2.45) is 0 Å². The Bertz CT molecular complexity index is 990. The molecule has 1 saturated carbocycles. The number of rotatable bonds is 6. The highest BCUT2D eigenvalue weighted by Crippen LogP contribution is 2.33. The molecule has 4 rings (SSSR count). The number of nitrogens with zero attached hydrogens (tertiary/aromatic N) is 2. The molecule has 11 heteroatoms. The van der Waals surface area contributed by atoms with Gasteiger partial charge in [0.05, 0.1) is 16.8 Å². The first-order valence-electron chi connectivity index (χ1n) is 9.93. The molecule has 2 fully saturated rings. The van der Waals surface area contributed by atoms with Crippen LogP contribution in [0.3, 0.4) is 0 Å². The average Bonchev–Trinajstić information content (AvgIpc) is 3.36. The standard InChI is InChI=1S/C19H24ClFN4O3S2/c20-13-9-18(30(27,28)24-19-22-6-8-29-19)14(21)10-16(13)23-15-3-1-2-4-17(15)25-7-5-12(26)11-25/h6,8-10,12,15,17,23,26H,1-5,7,11H2,(H,22,24)/t12-,15+,17+/m1/s1. The Morgan fingerprint density at radius 1 is 1.27 bits per heavy atom. The van der Waals surface area contributed by atoms with Crippen LogP contribution in [0.25, 0.3) is 0 Å². The van der Waals surface area contributed by atoms with Gasteiger partial charge in [-0.2, -0.15) is 0 Å². The number of thiazole rings is 1. The Labute approximate surface area is 184 Å². The Hall–Kier alpha value is -1.46. The highest BCUT2D eigenvalue weighted by Gasteiger charge is 2.34. The lowest BCUT2D eigenvalue weighted by Gasteiger charge is -2.39. The van der Waals surface area contributed by atoms with Crippen LogP contribution < -0.4 is 10.0 Å². The molecule has 0 bridgehead atoms. The molecule has 1 aliphatic carbocycles. The summed E-state index contributed by atoms with van der Waals surface area (Å²) >= 11 is 7.45. The van der Waals surface area contributed by atoms with Gasteiger partial charge in [0.15, 0.2) is 5.13 Å². The van der Waals surface area contributed by atoms with Gasteiger partial charge in [0.1, 0.15) is 10.7 Å². The summed E-state index contributed by atoms with van der Waals surface area (Å²) in [5.41, 5.74) is 0.374. The predicted molar refractivity (Wildman–Crippen MR) is 116 cm³/mol. The van der Waals surface area contributed by atoms with Crippen LogP contribution in [0.15, 0.2) is 28.6 Å². The van der Waals surface area contributed by atoms with Crippen molar-refractivity contribution < 1.29 is 17.9 Å². The van der Waals surface area contributed by atoms with Gasteiger partial charge >= 0.3 is 0 Å². The van der Waals surface area contributed by atoms with Crippen LogP contribution in [-0.4, -0.2) is 54.7 Å². The molecule has 30 heavy (non-hydrogen) atoms. The SMILES string of the molecule is O=S(=O)(Nc1nccs1)c1cc(Cl)c(N[C@H]2CCCC[C@@H]2N2CC[C@@H](O)C2)cc1F. The molecule has 0 radical (unpaired) electrons. The second kappa shape index (κ2) is 8.96. The Balaban J connectivity index is 1.54. The van der Waals surface area contributed by atoms with Gasteiger partial charge < -0.3 is 10.4 Å². The lowest BCUT2D eigenvalue weighted by Crippen LogP contribution is -2.48. The molecule has 1 aromatic heterocycles. The quantitative estimate of drug-likeness (QED) is 0.593. The van der Waals surface area contributed by atoms with Gasteiger partial charge in [-0.25, -0.2) is 17.8 Å². The summed E-state index contributed by atoms with van der Waals surface area (Å²) in [6, 6.07) is 2.55. The highest BCUT2D eigenvalue weighted by atomic mass is 35.5. The molecular formula is C19H24ClFN4O3S2. The van der Waals surface area contributed by atoms with E-state index in [0.29, 0.717) is 12.2 Å². The van der Waals surface area contributed by atoms with E-state index in [1.54, 1.807) is 5.38 Å². The second-order valence-corrected chi connectivity index (χ2v) is 10.7. The number of aliphatic hydroxyl groups excluding tert-OH is 1. The third kappa shape index (κ3) is 4.72. The number of benzene rings is 1. The van der Waals surface area contributed by atoms with E-state index in [4.69, 9.17) is 11.6 Å². The molecule has 0 spiro atoms. The maximum absolute atomic E-state index is 14.8. The average molecular weight is 475 g/mol. The minimum Gasteiger partial charge on any atom is -0.392 e. The largest absolute Gasteiger partial charge is 0.392 e. The summed E-state index contributed by atoms with van der Waals surface area (Å²) in [4.78, 5) is 5.63. The molecule has 7 nitrogen and oxygen atoms in total. The summed E-state index contributed by atoms with van der Waals surface area (Å²) in [6.45, 7) is 1.48. The lowest BCUT2D eigenvalue weighted by molar-refractivity contribution is 0.135. The van der Waals surface area contributed by atoms with E-state index in [1.807, 2.05) is 0 Å². The number of β-amino-alcohol motifs (C(OH)–C–C–N with tert-alkyl or cyclic N) is 1. The van der Waals surface area contributed by atoms with E-state index in [0.717, 1.165) is 62.1 Å². The van der Waals surface area contributed by atoms with E-state index in [2.05, 4.69) is 19.9 Å². The molecule has 3 N–H and O–H groups in total. The monoisotopic (exact) mass is 474 g/mol. The number of likely N-dealkylation sites (tertiary alicyclic amines) is 1. The van der Waals surface area contributed by atoms with Crippen LogP contribution in [0.5, 0.6) is 0 Å². The fourth-order valence-corrected chi connectivity index (χ4v) is 6.43. The van der Waals surface area contributed by atoms with Crippen LogP contribution in [0.4, 0.5) is 15.2 Å². The molecule has 0 unspecified atom stereocenters. The molecular weight excluding hydrogens is 451 g/mol. The van der Waals surface area contributed by atoms with E-state index < -0.39 is 20.7 Å². The predicted octanol–water partition coefficient (Wildman–Crippen LogP) is 3.53. The normalized spacial score (nSPS) is 25.4. The van der Waals surface area contributed by atoms with Gasteiger partial charge in [0.25, 0.3) is 10.0 Å². The van der Waals surface area contributed by atoms with Crippen LogP contribution in [0.2, 0.25) is 5.02 Å². The Kier molecular flexibility index (Phi) is 6.50. The van der Waals surface area contributed by atoms with Crippen molar-refractivity contribution in [3.63, 3.8) is 0 Å². The fourth-order valence-electron chi connectivity index (χ4n) is 4.27. The second-order valence-electron chi connectivity index (χ2n) is 7.75. The molecule has 1 saturated heterocycles. The Morgan fingerprint density at radius 2 is 2.07 bits per heavy atom. The number of hydrogen-bond donors (Lipinski definition) is 3. The smallest absolute Gasteiger partial charge is 0.266 e. The molecule has 164 valence electrons. The number of anilines is 2. The minimum atomic E-state index is -4.14. The number of aliphatic hydroxyl groups is 1. The summed E-state index contributed by atoms with van der Waals surface area (Å²) in [6.07, 6.45) is 5.97. The Morgan fingerprint density at radius 3 is 2.77 bits per heavy atom. The summed E-state index contributed by atoms with van der Waals surface area (Å²) < 4.78 is 42.1. The van der Waals surface area contributed by atoms with Gasteiger partial charge in [-0.15, -0.1) is 11.3 Å². The van der Waals surface area contributed by atoms with E-state index in [1.165, 1.54) is 6.20 Å². The third-order valence-electron chi connectivity index (χ3n) is 5.70. The van der Waals surface area contributed by atoms with Crippen molar-refractivity contribution in [1.82, 2.24) is 9.88 Å². The first-order chi connectivity index (χ1) is 14.3. The summed E-state index contributed by atoms with van der Waals surface area (Å²) in [5.74, 6) is -0.880. The maximum Gasteiger partial charge on any atom is 0.266 e. The van der Waals surface area contributed by atoms with Crippen molar-refractivity contribution in [2.45, 2.75) is 55.2 Å². The van der Waals surface area contributed by atoms with Crippen molar-refractivity contribution in [3.05, 3.63) is 34.5 Å². The van der Waals surface area contributed by atoms with Crippen LogP contribution in [0.1, 0.15) is 32.1 Å². The zero-order valence-electron chi connectivity index (χ0n) is 16.2. The van der Waals surface area contributed by atoms with Gasteiger partial charge in [0, 0.05) is 36.8 Å². The van der Waals surface area contributed by atoms with E-state index in [9.17, 15) is 17.9 Å². The zero-order chi connectivity index (χ0) is 21.3. The molecule has 3 atom stereocenters. The van der Waals surface area contributed by atoms with Crippen LogP contribution in [-0.2, 0) is 10.0 Å². The lowest BCUT2D eigenvalue weighted by atomic mass is 9.89. The molecule has 2 heterocycles. The summed E-state index contributed by atoms with van der Waals surface area (Å²) in [5, 5.41) is 15.1. The molecule has 1 aromatic carbocycles. The summed E-state index contributed by atoms with van der Waals surface area (Å²) in [7, 11) is -4.14. The van der Waals surface area contributed by atoms with Gasteiger partial charge in [0.2, 0.25) is 0 Å². The first kappa shape index (κ1) is 21.8. The number of sulfonamides is 1.